The van der Waals surface area contributed by atoms with Crippen LogP contribution in [-0.4, -0.2) is 73.6 Å². The number of nitrogens with one attached hydrogen (secondary N) is 2. The third-order valence-corrected chi connectivity index (χ3v) is 8.22. The molecule has 41 heavy (non-hydrogen) atoms. The number of carbonyl (C=O) groups excluding carboxylic acids is 7. The quantitative estimate of drug-likeness (QED) is 0.167. The van der Waals surface area contributed by atoms with E-state index in [4.69, 9.17) is 23.7 Å². The topological polar surface area (TPSA) is 190 Å². The van der Waals surface area contributed by atoms with Gasteiger partial charge in [-0.05, 0) is 67.8 Å². The first-order valence-electron chi connectivity index (χ1n) is 11.5. The molecule has 1 rings (SSSR count). The van der Waals surface area contributed by atoms with Gasteiger partial charge in [-0.15, -0.1) is 0 Å². The number of ether oxygens (including phenoxy) is 5. The summed E-state index contributed by atoms with van der Waals surface area (Å²) in [7, 11) is 0. The lowest BCUT2D eigenvalue weighted by atomic mass is 10.0. The Morgan fingerprint density at radius 2 is 1.07 bits per heavy atom. The maximum atomic E-state index is 13.9. The average Bonchev–Trinajstić information content (AvgIpc) is 2.85. The Kier molecular flexibility index (Phi) is 15.2. The van der Waals surface area contributed by atoms with E-state index < -0.39 is 73.6 Å². The van der Waals surface area contributed by atoms with Crippen LogP contribution in [0.4, 0.5) is 5.69 Å². The summed E-state index contributed by atoms with van der Waals surface area (Å²) >= 11 is 5.63. The van der Waals surface area contributed by atoms with Crippen molar-refractivity contribution in [2.24, 2.45) is 0 Å². The van der Waals surface area contributed by atoms with Gasteiger partial charge in [0.15, 0.2) is 6.61 Å². The first-order valence-corrected chi connectivity index (χ1v) is 14.7. The lowest BCUT2D eigenvalue weighted by molar-refractivity contribution is -0.154. The van der Waals surface area contributed by atoms with Gasteiger partial charge in [0.1, 0.15) is 32.0 Å². The van der Waals surface area contributed by atoms with Crippen LogP contribution in [0.3, 0.4) is 0 Å². The molecule has 0 spiro atoms. The van der Waals surface area contributed by atoms with E-state index in [9.17, 15) is 33.6 Å². The summed E-state index contributed by atoms with van der Waals surface area (Å²) in [6, 6.07) is 0. The maximum Gasteiger partial charge on any atom is 0.303 e. The highest BCUT2D eigenvalue weighted by atomic mass is 127. The van der Waals surface area contributed by atoms with E-state index >= 15 is 0 Å². The van der Waals surface area contributed by atoms with E-state index in [1.54, 1.807) is 0 Å². The van der Waals surface area contributed by atoms with Gasteiger partial charge in [0.05, 0.1) is 14.8 Å². The van der Waals surface area contributed by atoms with Crippen molar-refractivity contribution in [1.29, 1.82) is 0 Å². The molecule has 0 saturated heterocycles. The van der Waals surface area contributed by atoms with Gasteiger partial charge in [-0.2, -0.15) is 0 Å². The van der Waals surface area contributed by atoms with Crippen LogP contribution in [0.25, 0.3) is 0 Å². The number of hydrogen-bond donors (Lipinski definition) is 2. The van der Waals surface area contributed by atoms with Crippen molar-refractivity contribution in [1.82, 2.24) is 5.32 Å². The molecular formula is C24H27I3N2O12. The molecule has 17 heteroatoms. The molecule has 2 amide bonds. The minimum Gasteiger partial charge on any atom is -0.463 e. The van der Waals surface area contributed by atoms with Gasteiger partial charge in [-0.3, -0.25) is 33.6 Å². The Bertz CT molecular complexity index is 1190. The molecule has 14 nitrogen and oxygen atoms in total. The minimum atomic E-state index is -1.70. The largest absolute Gasteiger partial charge is 0.463 e. The van der Waals surface area contributed by atoms with E-state index in [0.717, 1.165) is 27.7 Å². The molecule has 1 aromatic rings. The molecule has 0 radical (unpaired) electrons. The molecule has 0 aliphatic carbocycles. The number of amides is 2. The van der Waals surface area contributed by atoms with Gasteiger partial charge in [0.25, 0.3) is 11.8 Å². The van der Waals surface area contributed by atoms with Crippen molar-refractivity contribution in [2.75, 3.05) is 31.7 Å². The number of esters is 5. The molecule has 0 aliphatic rings. The molecule has 0 heterocycles. The first-order chi connectivity index (χ1) is 19.0. The summed E-state index contributed by atoms with van der Waals surface area (Å²) in [6.07, 6.45) is 0. The van der Waals surface area contributed by atoms with Gasteiger partial charge >= 0.3 is 29.8 Å². The number of anilines is 1. The Morgan fingerprint density at radius 3 is 1.49 bits per heavy atom. The van der Waals surface area contributed by atoms with Crippen LogP contribution in [-0.2, 0) is 59.1 Å². The molecule has 2 N–H and O–H groups in total. The van der Waals surface area contributed by atoms with Gasteiger partial charge in [-0.25, -0.2) is 0 Å². The van der Waals surface area contributed by atoms with Gasteiger partial charge in [-0.1, -0.05) is 0 Å². The normalized spacial score (nSPS) is 10.6. The number of rotatable bonds is 13. The summed E-state index contributed by atoms with van der Waals surface area (Å²) in [6.45, 7) is 3.29. The Morgan fingerprint density at radius 1 is 0.634 bits per heavy atom. The monoisotopic (exact) mass is 916 g/mol. The zero-order valence-corrected chi connectivity index (χ0v) is 29.0. The predicted octanol–water partition coefficient (Wildman–Crippen LogP) is 2.22. The van der Waals surface area contributed by atoms with Gasteiger partial charge in [0.2, 0.25) is 0 Å². The van der Waals surface area contributed by atoms with E-state index in [0.29, 0.717) is 12.7 Å². The zero-order valence-electron chi connectivity index (χ0n) is 22.6. The van der Waals surface area contributed by atoms with E-state index in [1.807, 2.05) is 67.8 Å². The lowest BCUT2D eigenvalue weighted by Crippen LogP contribution is -2.59. The van der Waals surface area contributed by atoms with Gasteiger partial charge < -0.3 is 34.3 Å². The number of carbonyl (C=O) groups is 7. The SMILES string of the molecule is CC(=O)OCC(=O)Nc1c(I)c(COC(C)=O)c(I)c(C(=O)NC(COC(C)=O)(COC(C)=O)COC(C)=O)c1I. The number of benzene rings is 1. The van der Waals surface area contributed by atoms with Crippen LogP contribution in [0.15, 0.2) is 0 Å². The van der Waals surface area contributed by atoms with E-state index in [-0.39, 0.29) is 21.4 Å². The Balaban J connectivity index is 3.72. The first kappa shape index (κ1) is 36.7. The highest BCUT2D eigenvalue weighted by Gasteiger charge is 2.39. The number of halogens is 3. The molecule has 1 aromatic carbocycles. The van der Waals surface area contributed by atoms with Crippen LogP contribution in [0.1, 0.15) is 50.5 Å². The smallest absolute Gasteiger partial charge is 0.303 e. The van der Waals surface area contributed by atoms with Crippen LogP contribution in [0.2, 0.25) is 0 Å². The van der Waals surface area contributed by atoms with Crippen molar-refractivity contribution < 1.29 is 57.2 Å². The highest BCUT2D eigenvalue weighted by Crippen LogP contribution is 2.36. The van der Waals surface area contributed by atoms with Crippen LogP contribution in [0, 0.1) is 10.7 Å². The molecule has 226 valence electrons. The Hall–Kier alpha value is -2.30. The summed E-state index contributed by atoms with van der Waals surface area (Å²) in [5.41, 5.74) is -1.15. The third-order valence-electron chi connectivity index (χ3n) is 4.76. The second kappa shape index (κ2) is 17.0. The van der Waals surface area contributed by atoms with E-state index in [1.165, 1.54) is 6.92 Å². The molecule has 0 atom stereocenters. The highest BCUT2D eigenvalue weighted by molar-refractivity contribution is 14.1. The summed E-state index contributed by atoms with van der Waals surface area (Å²) in [4.78, 5) is 83.9. The molecule has 0 fully saturated rings. The predicted molar refractivity (Wildman–Crippen MR) is 165 cm³/mol. The summed E-state index contributed by atoms with van der Waals surface area (Å²) < 4.78 is 26.2. The van der Waals surface area contributed by atoms with Crippen molar-refractivity contribution in [2.45, 2.75) is 46.8 Å². The molecule has 0 unspecified atom stereocenters. The van der Waals surface area contributed by atoms with Crippen LogP contribution in [0.5, 0.6) is 0 Å². The third kappa shape index (κ3) is 12.2. The van der Waals surface area contributed by atoms with Crippen molar-refractivity contribution in [3.8, 4) is 0 Å². The fourth-order valence-corrected chi connectivity index (χ4v) is 7.16. The number of hydrogen-bond acceptors (Lipinski definition) is 12. The van der Waals surface area contributed by atoms with Gasteiger partial charge in [0, 0.05) is 47.3 Å². The standard InChI is InChI=1S/C24H27I3N2O12/c1-11(30)37-6-16-19(25)18(21(27)22(20(16)26)28-17(35)7-38-12(2)31)23(36)29-24(8-39-13(3)32,9-40-14(4)33)10-41-15(5)34/h6-10H2,1-5H3,(H,28,35)(H,29,36). The van der Waals surface area contributed by atoms with Crippen molar-refractivity contribution in [3.05, 3.63) is 21.8 Å². The fourth-order valence-electron chi connectivity index (χ4n) is 2.92. The second-order valence-electron chi connectivity index (χ2n) is 8.35. The minimum absolute atomic E-state index is 0.00871. The maximum absolute atomic E-state index is 13.9. The van der Waals surface area contributed by atoms with Crippen LogP contribution >= 0.6 is 67.8 Å². The van der Waals surface area contributed by atoms with E-state index in [2.05, 4.69) is 10.6 Å². The zero-order chi connectivity index (χ0) is 31.5. The molecule has 0 bridgehead atoms. The van der Waals surface area contributed by atoms with Crippen molar-refractivity contribution >= 4 is 115 Å². The molecule has 0 aliphatic heterocycles. The second-order valence-corrected chi connectivity index (χ2v) is 11.6. The van der Waals surface area contributed by atoms with Crippen molar-refractivity contribution in [3.63, 3.8) is 0 Å². The lowest BCUT2D eigenvalue weighted by Gasteiger charge is -2.33. The van der Waals surface area contributed by atoms with Crippen LogP contribution < -0.4 is 10.6 Å². The molecule has 0 aromatic heterocycles. The molecule has 0 saturated carbocycles. The summed E-state index contributed by atoms with van der Waals surface area (Å²) in [5.74, 6) is -4.90. The Labute approximate surface area is 276 Å². The fraction of sp³-hybridized carbons (Fsp3) is 0.458. The molecular weight excluding hydrogens is 889 g/mol. The summed E-state index contributed by atoms with van der Waals surface area (Å²) in [5, 5.41) is 5.26. The average molecular weight is 916 g/mol.